The first kappa shape index (κ1) is 22.7. The molecule has 1 aromatic heterocycles. The molecule has 1 fully saturated rings. The molecule has 0 radical (unpaired) electrons. The van der Waals surface area contributed by atoms with Crippen LogP contribution in [0.2, 0.25) is 0 Å². The molecule has 2 aromatic carbocycles. The molecule has 10 heteroatoms. The molecule has 0 spiro atoms. The third-order valence-electron chi connectivity index (χ3n) is 4.80. The Morgan fingerprint density at radius 2 is 1.85 bits per heavy atom. The van der Waals surface area contributed by atoms with E-state index in [0.717, 1.165) is 0 Å². The smallest absolute Gasteiger partial charge is 0.248 e. The van der Waals surface area contributed by atoms with Crippen LogP contribution in [0.3, 0.4) is 0 Å². The minimum atomic E-state index is -3.80. The maximum Gasteiger partial charge on any atom is 0.248 e. The lowest BCUT2D eigenvalue weighted by Crippen LogP contribution is -2.40. The molecule has 0 bridgehead atoms. The second-order valence-electron chi connectivity index (χ2n) is 7.07. The van der Waals surface area contributed by atoms with Gasteiger partial charge in [-0.15, -0.1) is 0 Å². The largest absolute Gasteiger partial charge is 0.465 e. The molecule has 1 aliphatic heterocycles. The normalized spacial score (nSPS) is 14.9. The van der Waals surface area contributed by atoms with Crippen LogP contribution in [-0.2, 0) is 19.6 Å². The highest BCUT2D eigenvalue weighted by Crippen LogP contribution is 2.33. The Labute approximate surface area is 190 Å². The average molecular weight is 472 g/mol. The third kappa shape index (κ3) is 5.67. The Hall–Kier alpha value is -3.47. The average Bonchev–Trinajstić information content (AvgIpc) is 3.34. The van der Waals surface area contributed by atoms with E-state index in [1.165, 1.54) is 65.2 Å². The number of ether oxygens (including phenoxy) is 2. The highest BCUT2D eigenvalue weighted by atomic mass is 32.2. The molecule has 1 amide bonds. The molecule has 33 heavy (non-hydrogen) atoms. The van der Waals surface area contributed by atoms with E-state index in [-0.39, 0.29) is 29.4 Å². The molecule has 0 aliphatic carbocycles. The van der Waals surface area contributed by atoms with Gasteiger partial charge in [-0.05, 0) is 60.7 Å². The van der Waals surface area contributed by atoms with Crippen LogP contribution in [0.5, 0.6) is 11.5 Å². The van der Waals surface area contributed by atoms with Crippen LogP contribution in [0.25, 0.3) is 6.08 Å². The van der Waals surface area contributed by atoms with Crippen molar-refractivity contribution in [1.82, 2.24) is 4.31 Å². The summed E-state index contributed by atoms with van der Waals surface area (Å²) < 4.78 is 56.9. The lowest BCUT2D eigenvalue weighted by molar-refractivity contribution is -0.111. The molecule has 1 saturated heterocycles. The van der Waals surface area contributed by atoms with Crippen LogP contribution in [0.4, 0.5) is 10.1 Å². The van der Waals surface area contributed by atoms with Crippen LogP contribution in [-0.4, -0.2) is 44.9 Å². The van der Waals surface area contributed by atoms with Crippen LogP contribution < -0.4 is 10.1 Å². The van der Waals surface area contributed by atoms with Gasteiger partial charge in [0.25, 0.3) is 0 Å². The number of anilines is 1. The maximum atomic E-state index is 13.2. The van der Waals surface area contributed by atoms with Crippen molar-refractivity contribution in [2.45, 2.75) is 4.90 Å². The van der Waals surface area contributed by atoms with Crippen molar-refractivity contribution in [3.05, 3.63) is 78.5 Å². The summed E-state index contributed by atoms with van der Waals surface area (Å²) in [5.41, 5.74) is 0.141. The number of sulfonamides is 1. The number of nitrogens with one attached hydrogen (secondary N) is 1. The zero-order valence-electron chi connectivity index (χ0n) is 17.4. The van der Waals surface area contributed by atoms with Crippen LogP contribution in [0.1, 0.15) is 5.76 Å². The number of nitrogens with zero attached hydrogens (tertiary/aromatic N) is 1. The summed E-state index contributed by atoms with van der Waals surface area (Å²) in [7, 11) is -3.80. The second kappa shape index (κ2) is 9.99. The number of carbonyl (C=O) groups excluding carboxylic acids is 1. The zero-order chi connectivity index (χ0) is 23.3. The molecule has 0 saturated carbocycles. The summed E-state index contributed by atoms with van der Waals surface area (Å²) in [5, 5.41) is 2.65. The Bertz CT molecular complexity index is 1230. The number of carbonyl (C=O) groups is 1. The first-order chi connectivity index (χ1) is 15.9. The molecule has 0 atom stereocenters. The predicted molar refractivity (Wildman–Crippen MR) is 119 cm³/mol. The van der Waals surface area contributed by atoms with Crippen LogP contribution in [0.15, 0.2) is 76.2 Å². The van der Waals surface area contributed by atoms with Crippen molar-refractivity contribution < 1.29 is 31.5 Å². The number of benzene rings is 2. The molecule has 2 heterocycles. The number of amides is 1. The van der Waals surface area contributed by atoms with Gasteiger partial charge in [-0.25, -0.2) is 12.8 Å². The van der Waals surface area contributed by atoms with E-state index in [2.05, 4.69) is 5.32 Å². The van der Waals surface area contributed by atoms with Gasteiger partial charge in [0.05, 0.1) is 30.1 Å². The minimum Gasteiger partial charge on any atom is -0.465 e. The highest BCUT2D eigenvalue weighted by Gasteiger charge is 2.27. The third-order valence-corrected chi connectivity index (χ3v) is 6.69. The van der Waals surface area contributed by atoms with Crippen LogP contribution >= 0.6 is 0 Å². The van der Waals surface area contributed by atoms with Crippen molar-refractivity contribution in [2.24, 2.45) is 0 Å². The Morgan fingerprint density at radius 3 is 2.55 bits per heavy atom. The van der Waals surface area contributed by atoms with Gasteiger partial charge < -0.3 is 19.2 Å². The number of morpholine rings is 1. The Balaban J connectivity index is 1.63. The molecule has 1 N–H and O–H groups in total. The van der Waals surface area contributed by atoms with E-state index in [1.807, 2.05) is 0 Å². The summed E-state index contributed by atoms with van der Waals surface area (Å²) in [6.45, 7) is 1.10. The topological polar surface area (TPSA) is 98.1 Å². The van der Waals surface area contributed by atoms with Gasteiger partial charge in [0.15, 0.2) is 5.75 Å². The fourth-order valence-electron chi connectivity index (χ4n) is 3.14. The molecule has 4 rings (SSSR count). The monoisotopic (exact) mass is 472 g/mol. The molecule has 3 aromatic rings. The quantitative estimate of drug-likeness (QED) is 0.524. The Morgan fingerprint density at radius 1 is 1.09 bits per heavy atom. The van der Waals surface area contributed by atoms with Crippen molar-refractivity contribution in [3.63, 3.8) is 0 Å². The molecule has 0 unspecified atom stereocenters. The van der Waals surface area contributed by atoms with E-state index in [0.29, 0.717) is 24.7 Å². The summed E-state index contributed by atoms with van der Waals surface area (Å²) in [6, 6.07) is 12.9. The van der Waals surface area contributed by atoms with Crippen molar-refractivity contribution in [3.8, 4) is 11.5 Å². The lowest BCUT2D eigenvalue weighted by atomic mass is 10.2. The standard InChI is InChI=1S/C23H21FN2O6S/c24-17-3-5-19(6-4-17)32-22-9-8-20(33(28,29)26-11-14-30-15-12-26)16-21(22)25-23(27)10-7-18-2-1-13-31-18/h1-10,13,16H,11-12,14-15H2,(H,25,27). The maximum absolute atomic E-state index is 13.2. The SMILES string of the molecule is O=C(C=Cc1ccco1)Nc1cc(S(=O)(=O)N2CCOCC2)ccc1Oc1ccc(F)cc1. The first-order valence-electron chi connectivity index (χ1n) is 10.1. The van der Waals surface area contributed by atoms with Gasteiger partial charge in [-0.2, -0.15) is 4.31 Å². The highest BCUT2D eigenvalue weighted by molar-refractivity contribution is 7.89. The number of halogens is 1. The molecule has 1 aliphatic rings. The predicted octanol–water partition coefficient (Wildman–Crippen LogP) is 3.88. The molecular weight excluding hydrogens is 451 g/mol. The zero-order valence-corrected chi connectivity index (χ0v) is 18.3. The van der Waals surface area contributed by atoms with Gasteiger partial charge in [-0.1, -0.05) is 0 Å². The van der Waals surface area contributed by atoms with Gasteiger partial charge in [0.1, 0.15) is 17.3 Å². The fraction of sp³-hybridized carbons (Fsp3) is 0.174. The van der Waals surface area contributed by atoms with E-state index in [4.69, 9.17) is 13.9 Å². The molecule has 8 nitrogen and oxygen atoms in total. The van der Waals surface area contributed by atoms with Crippen molar-refractivity contribution in [1.29, 1.82) is 0 Å². The Kier molecular flexibility index (Phi) is 6.87. The van der Waals surface area contributed by atoms with Crippen molar-refractivity contribution in [2.75, 3.05) is 31.6 Å². The summed E-state index contributed by atoms with van der Waals surface area (Å²) in [4.78, 5) is 12.5. The minimum absolute atomic E-state index is 0.00108. The van der Waals surface area contributed by atoms with E-state index in [9.17, 15) is 17.6 Å². The first-order valence-corrected chi connectivity index (χ1v) is 11.5. The van der Waals surface area contributed by atoms with Gasteiger partial charge >= 0.3 is 0 Å². The summed E-state index contributed by atoms with van der Waals surface area (Å²) in [6.07, 6.45) is 4.21. The van der Waals surface area contributed by atoms with E-state index >= 15 is 0 Å². The lowest BCUT2D eigenvalue weighted by Gasteiger charge is -2.26. The number of hydrogen-bond donors (Lipinski definition) is 1. The molecular formula is C23H21FN2O6S. The van der Waals surface area contributed by atoms with Crippen molar-refractivity contribution >= 4 is 27.7 Å². The fourth-order valence-corrected chi connectivity index (χ4v) is 4.57. The van der Waals surface area contributed by atoms with Gasteiger partial charge in [0.2, 0.25) is 15.9 Å². The summed E-state index contributed by atoms with van der Waals surface area (Å²) >= 11 is 0. The number of furan rings is 1. The van der Waals surface area contributed by atoms with E-state index in [1.54, 1.807) is 12.1 Å². The van der Waals surface area contributed by atoms with Gasteiger partial charge in [0, 0.05) is 19.2 Å². The second-order valence-corrected chi connectivity index (χ2v) is 9.01. The molecule has 172 valence electrons. The number of hydrogen-bond acceptors (Lipinski definition) is 6. The van der Waals surface area contributed by atoms with Crippen LogP contribution in [0, 0.1) is 5.82 Å². The van der Waals surface area contributed by atoms with Gasteiger partial charge in [-0.3, -0.25) is 4.79 Å². The number of rotatable bonds is 7. The summed E-state index contributed by atoms with van der Waals surface area (Å²) in [5.74, 6) is 0.0582. The van der Waals surface area contributed by atoms with E-state index < -0.39 is 21.7 Å².